The van der Waals surface area contributed by atoms with E-state index in [2.05, 4.69) is 165 Å². The third-order valence-electron chi connectivity index (χ3n) is 16.0. The average Bonchev–Trinajstić information content (AvgIpc) is 0.786. The Morgan fingerprint density at radius 3 is 1.75 bits per heavy atom. The van der Waals surface area contributed by atoms with Crippen LogP contribution in [0.5, 0.6) is 34.8 Å². The summed E-state index contributed by atoms with van der Waals surface area (Å²) < 4.78 is 87.6. The molecular formula is C77H75Br5F4I2N14O10. The van der Waals surface area contributed by atoms with E-state index in [1.54, 1.807) is 113 Å². The Kier molecular flexibility index (Phi) is 34.6. The van der Waals surface area contributed by atoms with Crippen LogP contribution in [0.25, 0.3) is 11.1 Å². The summed E-state index contributed by atoms with van der Waals surface area (Å²) in [5.74, 6) is 0.737. The lowest BCUT2D eigenvalue weighted by Gasteiger charge is -2.25. The summed E-state index contributed by atoms with van der Waals surface area (Å²) >= 11 is 20.6. The van der Waals surface area contributed by atoms with Crippen LogP contribution in [0.3, 0.4) is 0 Å². The smallest absolute Gasteiger partial charge is 0.262 e. The molecule has 0 radical (unpaired) electrons. The van der Waals surface area contributed by atoms with Crippen molar-refractivity contribution in [1.29, 1.82) is 0 Å². The zero-order valence-corrected chi connectivity index (χ0v) is 73.4. The average molecular weight is 2090 g/mol. The highest BCUT2D eigenvalue weighted by Gasteiger charge is 2.27. The molecule has 24 nitrogen and oxygen atoms in total. The molecule has 12 N–H and O–H groups in total. The molecule has 0 fully saturated rings. The molecule has 12 rings (SSSR count). The number of aliphatic hydroxyl groups excluding tert-OH is 1. The molecule has 112 heavy (non-hydrogen) atoms. The number of nitrogen functional groups attached to an aromatic ring is 4. The van der Waals surface area contributed by atoms with Gasteiger partial charge < -0.3 is 76.9 Å². The second-order valence-electron chi connectivity index (χ2n) is 24.1. The Morgan fingerprint density at radius 1 is 0.661 bits per heavy atom. The molecule has 4 atom stereocenters. The van der Waals surface area contributed by atoms with E-state index in [1.165, 1.54) is 92.0 Å². The van der Waals surface area contributed by atoms with Crippen LogP contribution in [-0.4, -0.2) is 102 Å². The molecule has 0 saturated carbocycles. The van der Waals surface area contributed by atoms with E-state index >= 15 is 0 Å². The number of pyridine rings is 7. The summed E-state index contributed by atoms with van der Waals surface area (Å²) in [6.45, 7) is 8.19. The molecule has 590 valence electrons. The van der Waals surface area contributed by atoms with Gasteiger partial charge in [-0.25, -0.2) is 47.5 Å². The first kappa shape index (κ1) is 90.4. The number of benzene rings is 4. The maximum Gasteiger partial charge on any atom is 0.262 e. The minimum atomic E-state index is -0.663. The molecule has 2 bridgehead atoms. The first-order valence-corrected chi connectivity index (χ1v) is 39.3. The lowest BCUT2D eigenvalue weighted by molar-refractivity contribution is 0.0773. The molecule has 0 saturated heterocycles. The molecule has 11 aromatic rings. The van der Waals surface area contributed by atoms with Gasteiger partial charge in [-0.2, -0.15) is 0 Å². The number of amides is 2. The highest BCUT2D eigenvalue weighted by Crippen LogP contribution is 2.39. The third kappa shape index (κ3) is 25.3. The number of nitrogens with two attached hydrogens (primary N) is 4. The van der Waals surface area contributed by atoms with E-state index in [4.69, 9.17) is 56.8 Å². The minimum absolute atomic E-state index is 0.00405. The van der Waals surface area contributed by atoms with Crippen molar-refractivity contribution in [2.75, 3.05) is 58.3 Å². The van der Waals surface area contributed by atoms with Crippen LogP contribution in [0.4, 0.5) is 40.8 Å². The minimum Gasteiger partial charge on any atom is -0.504 e. The van der Waals surface area contributed by atoms with E-state index in [1.807, 2.05) is 26.1 Å². The summed E-state index contributed by atoms with van der Waals surface area (Å²) in [6, 6.07) is 29.2. The Balaban J connectivity index is 0.000000199. The summed E-state index contributed by atoms with van der Waals surface area (Å²) in [5.41, 5.74) is 29.7. The van der Waals surface area contributed by atoms with Crippen molar-refractivity contribution in [2.24, 2.45) is 0 Å². The summed E-state index contributed by atoms with van der Waals surface area (Å²) in [6.07, 6.45) is 8.92. The number of aromatic nitrogens is 7. The summed E-state index contributed by atoms with van der Waals surface area (Å²) in [4.78, 5) is 67.5. The number of aromatic amines is 1. The monoisotopic (exact) mass is 2080 g/mol. The van der Waals surface area contributed by atoms with Crippen molar-refractivity contribution in [3.8, 4) is 45.9 Å². The van der Waals surface area contributed by atoms with E-state index in [-0.39, 0.29) is 64.9 Å². The third-order valence-corrected chi connectivity index (χ3v) is 21.0. The Bertz CT molecular complexity index is 5190. The van der Waals surface area contributed by atoms with Gasteiger partial charge in [-0.05, 0) is 297 Å². The number of aromatic hydroxyl groups is 1. The number of carbonyl (C=O) groups is 2. The Hall–Kier alpha value is -8.83. The predicted octanol–water partition coefficient (Wildman–Crippen LogP) is 17.5. The molecule has 0 spiro atoms. The molecule has 4 aromatic carbocycles. The van der Waals surface area contributed by atoms with Gasteiger partial charge >= 0.3 is 0 Å². The number of carbonyl (C=O) groups excluding carboxylic acids is 2. The lowest BCUT2D eigenvalue weighted by Crippen LogP contribution is -2.28. The van der Waals surface area contributed by atoms with Crippen LogP contribution in [0, 0.1) is 30.4 Å². The fourth-order valence-corrected chi connectivity index (χ4v) is 13.8. The van der Waals surface area contributed by atoms with E-state index in [0.29, 0.717) is 105 Å². The number of nitrogens with one attached hydrogen (secondary N) is 2. The molecular weight excluding hydrogens is 2010 g/mol. The zero-order chi connectivity index (χ0) is 82.4. The summed E-state index contributed by atoms with van der Waals surface area (Å²) in [5, 5.41) is 21.0. The first-order valence-electron chi connectivity index (χ1n) is 33.2. The molecule has 8 heterocycles. The van der Waals surface area contributed by atoms with Crippen molar-refractivity contribution in [3.05, 3.63) is 272 Å². The highest BCUT2D eigenvalue weighted by molar-refractivity contribution is 14.1. The van der Waals surface area contributed by atoms with Gasteiger partial charge in [-0.15, -0.1) is 0 Å². The van der Waals surface area contributed by atoms with Crippen LogP contribution < -0.4 is 57.5 Å². The van der Waals surface area contributed by atoms with Gasteiger partial charge in [0.1, 0.15) is 41.6 Å². The second-order valence-corrected chi connectivity index (χ2v) is 30.8. The van der Waals surface area contributed by atoms with Crippen molar-refractivity contribution < 1.29 is 61.0 Å². The second kappa shape index (κ2) is 42.9. The van der Waals surface area contributed by atoms with Gasteiger partial charge in [0.05, 0.1) is 34.8 Å². The van der Waals surface area contributed by atoms with Gasteiger partial charge in [0.15, 0.2) is 46.3 Å². The van der Waals surface area contributed by atoms with Crippen molar-refractivity contribution in [2.45, 2.75) is 71.7 Å². The number of fused-ring (bicyclic) bond motifs is 5. The fraction of sp³-hybridized carbons (Fsp3) is 0.208. The number of rotatable bonds is 14. The molecule has 35 heteroatoms. The normalized spacial score (nSPS) is 12.7. The molecule has 1 aliphatic heterocycles. The van der Waals surface area contributed by atoms with Crippen LogP contribution in [0.15, 0.2) is 186 Å². The fourth-order valence-electron chi connectivity index (χ4n) is 10.4. The van der Waals surface area contributed by atoms with Gasteiger partial charge in [0.25, 0.3) is 17.4 Å². The highest BCUT2D eigenvalue weighted by atomic mass is 127. The van der Waals surface area contributed by atoms with Crippen LogP contribution in [0.2, 0.25) is 0 Å². The number of ether oxygens (including phenoxy) is 5. The maximum atomic E-state index is 14.1. The van der Waals surface area contributed by atoms with Crippen molar-refractivity contribution in [3.63, 3.8) is 0 Å². The number of aliphatic hydroxyl groups is 1. The standard InChI is InChI=1S/C22H21Br2FN4O3.C22H21FN4O3.C13H11BrFIN2O.C8H8FIO.C7H9BrN2O.C5H5BrN2O/c1-12(32-18-8-14(23)10-28-20(18)26)17-9-15(25)4-5-16(17)22(30)29(2)11-13-6-7-27-21(31-3)19(13)24;1-12-17-9-15(23)4-5-16(17)22(28)27(2)11-13-6-7-25-21(29-3)19(13)14-8-18(30-12)20(24)26-10-14;1-7(10-5-9(15)2-3-11(10)16)19-12-4-8(14)6-18-13(12)17;1-5(11)7-4-6(9)2-3-8(7)10;1-9-4-5-2-3-10-7(11)6(5)8;6-3-1-4(9)5(7)8-2-3/h4-10,12H,11H2,1-3H3,(H2,26,28);4-10,12H,11H2,1-3H3,(H2,24,26);2-7H,1H3,(H2,17,18);2-5,11H,1H3;2-3,9H,4H2,1H3,(H,10,11);1-2,9H,(H2,7,8)/t2*12-;7-;5-;;/m1110../s1. The molecule has 1 aliphatic rings. The van der Waals surface area contributed by atoms with Gasteiger partial charge in [0.2, 0.25) is 11.8 Å². The van der Waals surface area contributed by atoms with Gasteiger partial charge in [0, 0.05) is 131 Å². The molecule has 0 aliphatic carbocycles. The van der Waals surface area contributed by atoms with E-state index < -0.39 is 29.9 Å². The lowest BCUT2D eigenvalue weighted by atomic mass is 9.99. The van der Waals surface area contributed by atoms with Gasteiger partial charge in [-0.1, -0.05) is 0 Å². The van der Waals surface area contributed by atoms with E-state index in [9.17, 15) is 31.9 Å². The maximum absolute atomic E-state index is 14.1. The number of methoxy groups -OCH3 is 2. The van der Waals surface area contributed by atoms with Crippen LogP contribution in [-0.2, 0) is 19.6 Å². The molecule has 2 amide bonds. The topological polar surface area (TPSA) is 354 Å². The Labute approximate surface area is 712 Å². The number of anilines is 4. The Morgan fingerprint density at radius 2 is 1.18 bits per heavy atom. The molecule has 0 unspecified atom stereocenters. The van der Waals surface area contributed by atoms with Gasteiger partial charge in [-0.3, -0.25) is 14.4 Å². The largest absolute Gasteiger partial charge is 0.504 e. The van der Waals surface area contributed by atoms with Crippen LogP contribution >= 0.6 is 125 Å². The van der Waals surface area contributed by atoms with E-state index in [0.717, 1.165) is 33.9 Å². The number of halogens is 11. The first-order chi connectivity index (χ1) is 53.1. The predicted molar refractivity (Wildman–Crippen MR) is 456 cm³/mol. The van der Waals surface area contributed by atoms with Crippen LogP contribution in [0.1, 0.15) is 112 Å². The van der Waals surface area contributed by atoms with Crippen molar-refractivity contribution >= 4 is 160 Å². The number of hydrogen-bond acceptors (Lipinski definition) is 21. The number of hydrogen-bond donors (Lipinski definition) is 8. The number of H-pyrrole nitrogens is 1. The van der Waals surface area contributed by atoms with Crippen molar-refractivity contribution in [1.82, 2.24) is 50.0 Å². The zero-order valence-electron chi connectivity index (χ0n) is 61.1. The SMILES string of the molecule is CNCc1cc[nH]c(=O)c1Br.COc1nccc(CN(C)C(=O)c2ccc(F)cc2[C@@H](C)Oc2cc(Br)cnc2N)c1Br.COc1nccc2c1-c1cnc(N)c(c1)O[C@H](C)c1cc(F)ccc1C(=O)N(C)C2.C[C@@H](Oc1cc(Br)cnc1N)c1cc(F)ccc1I.C[C@H](O)c1cc(F)ccc1I.Nc1ncc(Br)cc1O. The molecule has 7 aromatic heterocycles. The summed E-state index contributed by atoms with van der Waals surface area (Å²) in [7, 11) is 8.24. The quantitative estimate of drug-likeness (QED) is 0.0370. The number of nitrogens with zero attached hydrogens (tertiary/aromatic N) is 8.